The number of fused-ring (bicyclic) bond motifs is 1. The van der Waals surface area contributed by atoms with Gasteiger partial charge in [-0.05, 0) is 25.8 Å². The van der Waals surface area contributed by atoms with Gasteiger partial charge < -0.3 is 19.3 Å². The van der Waals surface area contributed by atoms with Gasteiger partial charge in [-0.25, -0.2) is 4.90 Å². The van der Waals surface area contributed by atoms with Crippen molar-refractivity contribution in [3.8, 4) is 17.2 Å². The molecule has 1 N–H and O–H groups in total. The highest BCUT2D eigenvalue weighted by Crippen LogP contribution is 2.35. The van der Waals surface area contributed by atoms with Crippen molar-refractivity contribution >= 4 is 6.72 Å². The van der Waals surface area contributed by atoms with Crippen molar-refractivity contribution in [1.29, 1.82) is 0 Å². The molecule has 2 rings (SSSR count). The predicted octanol–water partition coefficient (Wildman–Crippen LogP) is 1.05. The van der Waals surface area contributed by atoms with Crippen LogP contribution in [0, 0.1) is 0 Å². The number of nitrogens with zero attached hydrogens (tertiary/aromatic N) is 2. The van der Waals surface area contributed by atoms with E-state index in [1.54, 1.807) is 30.0 Å². The van der Waals surface area contributed by atoms with E-state index in [1.807, 2.05) is 0 Å². The lowest BCUT2D eigenvalue weighted by Gasteiger charge is -2.23. The second kappa shape index (κ2) is 5.70. The van der Waals surface area contributed by atoms with Crippen molar-refractivity contribution in [2.75, 3.05) is 20.2 Å². The molecule has 6 heteroatoms. The molecule has 0 aliphatic carbocycles. The van der Waals surface area contributed by atoms with Gasteiger partial charge in [-0.15, -0.1) is 0 Å². The smallest absolute Gasteiger partial charge is 0.231 e. The number of benzene rings is 1. The van der Waals surface area contributed by atoms with Crippen LogP contribution in [0.4, 0.5) is 0 Å². The van der Waals surface area contributed by atoms with Crippen LogP contribution in [0.25, 0.3) is 0 Å². The Balaban J connectivity index is 1.95. The number of hydrogen-bond donors (Lipinski definition) is 1. The van der Waals surface area contributed by atoms with Crippen LogP contribution in [0.1, 0.15) is 6.92 Å². The highest BCUT2D eigenvalue weighted by molar-refractivity contribution is 5.46. The summed E-state index contributed by atoms with van der Waals surface area (Å²) >= 11 is 0. The quantitative estimate of drug-likeness (QED) is 0.605. The molecule has 1 unspecified atom stereocenters. The molecule has 0 radical (unpaired) electrons. The van der Waals surface area contributed by atoms with Gasteiger partial charge >= 0.3 is 0 Å². The number of aliphatic hydroxyl groups is 1. The molecule has 0 fully saturated rings. The summed E-state index contributed by atoms with van der Waals surface area (Å²) in [6.07, 6.45) is -0.649. The predicted molar refractivity (Wildman–Crippen MR) is 66.0 cm³/mol. The average Bonchev–Trinajstić information content (AvgIpc) is 2.81. The van der Waals surface area contributed by atoms with Crippen LogP contribution in [0.5, 0.6) is 17.2 Å². The van der Waals surface area contributed by atoms with Gasteiger partial charge in [0, 0.05) is 6.07 Å². The fraction of sp³-hybridized carbons (Fsp3) is 0.417. The highest BCUT2D eigenvalue weighted by atomic mass is 16.7. The number of ether oxygens (including phenoxy) is 3. The minimum atomic E-state index is -0.649. The molecule has 1 atom stereocenters. The van der Waals surface area contributed by atoms with Crippen LogP contribution in [0.2, 0.25) is 0 Å². The third kappa shape index (κ3) is 2.91. The molecular weight excluding hydrogens is 236 g/mol. The standard InChI is InChI=1S/C12H16N2O4/c1-9(15)14(6-13-2)7-16-10-3-4-11-12(5-10)18-8-17-11/h3-5,9,15H,2,6-8H2,1H3. The highest BCUT2D eigenvalue weighted by Gasteiger charge is 2.15. The maximum atomic E-state index is 9.49. The van der Waals surface area contributed by atoms with Crippen molar-refractivity contribution in [3.63, 3.8) is 0 Å². The van der Waals surface area contributed by atoms with E-state index in [0.717, 1.165) is 0 Å². The molecular formula is C12H16N2O4. The van der Waals surface area contributed by atoms with Gasteiger partial charge in [-0.2, -0.15) is 0 Å². The van der Waals surface area contributed by atoms with Gasteiger partial charge in [0.2, 0.25) is 6.79 Å². The van der Waals surface area contributed by atoms with Crippen molar-refractivity contribution in [1.82, 2.24) is 4.90 Å². The van der Waals surface area contributed by atoms with E-state index < -0.39 is 6.23 Å². The molecule has 1 aromatic carbocycles. The number of aliphatic imine (C=N–C) groups is 1. The van der Waals surface area contributed by atoms with Crippen molar-refractivity contribution in [2.24, 2.45) is 4.99 Å². The molecule has 0 amide bonds. The molecule has 0 spiro atoms. The summed E-state index contributed by atoms with van der Waals surface area (Å²) in [4.78, 5) is 5.34. The summed E-state index contributed by atoms with van der Waals surface area (Å²) in [5.74, 6) is 2.02. The summed E-state index contributed by atoms with van der Waals surface area (Å²) < 4.78 is 16.0. The number of rotatable bonds is 6. The lowest BCUT2D eigenvalue weighted by molar-refractivity contribution is -0.0236. The van der Waals surface area contributed by atoms with Gasteiger partial charge in [0.25, 0.3) is 0 Å². The van der Waals surface area contributed by atoms with Gasteiger partial charge in [0.05, 0.1) is 6.67 Å². The van der Waals surface area contributed by atoms with Gasteiger partial charge in [0.15, 0.2) is 11.5 Å². The van der Waals surface area contributed by atoms with E-state index in [4.69, 9.17) is 14.2 Å². The molecule has 1 heterocycles. The van der Waals surface area contributed by atoms with Crippen LogP contribution in [0.3, 0.4) is 0 Å². The Morgan fingerprint density at radius 3 is 3.00 bits per heavy atom. The van der Waals surface area contributed by atoms with E-state index in [1.165, 1.54) is 0 Å². The number of aliphatic hydroxyl groups excluding tert-OH is 1. The third-order valence-electron chi connectivity index (χ3n) is 2.55. The van der Waals surface area contributed by atoms with E-state index in [9.17, 15) is 5.11 Å². The first kappa shape index (κ1) is 12.7. The van der Waals surface area contributed by atoms with Gasteiger partial charge in [-0.3, -0.25) is 4.99 Å². The summed E-state index contributed by atoms with van der Waals surface area (Å²) in [6.45, 7) is 5.80. The van der Waals surface area contributed by atoms with Crippen LogP contribution >= 0.6 is 0 Å². The lowest BCUT2D eigenvalue weighted by atomic mass is 10.3. The SMILES string of the molecule is C=NCN(COc1ccc2c(c1)OCO2)C(C)O. The molecule has 0 saturated heterocycles. The van der Waals surface area contributed by atoms with Crippen LogP contribution < -0.4 is 14.2 Å². The van der Waals surface area contributed by atoms with E-state index in [2.05, 4.69) is 11.7 Å². The number of hydrogen-bond acceptors (Lipinski definition) is 6. The third-order valence-corrected chi connectivity index (χ3v) is 2.55. The maximum Gasteiger partial charge on any atom is 0.231 e. The molecule has 0 bridgehead atoms. The Bertz CT molecular complexity index is 423. The maximum absolute atomic E-state index is 9.49. The molecule has 1 aliphatic heterocycles. The molecule has 1 aliphatic rings. The Morgan fingerprint density at radius 1 is 1.50 bits per heavy atom. The molecule has 98 valence electrons. The Kier molecular flexibility index (Phi) is 4.01. The normalized spacial score (nSPS) is 14.6. The first-order valence-electron chi connectivity index (χ1n) is 5.58. The molecule has 18 heavy (non-hydrogen) atoms. The van der Waals surface area contributed by atoms with Crippen molar-refractivity contribution in [3.05, 3.63) is 18.2 Å². The summed E-state index contributed by atoms with van der Waals surface area (Å²) in [5.41, 5.74) is 0. The van der Waals surface area contributed by atoms with Gasteiger partial charge in [0.1, 0.15) is 18.7 Å². The first-order chi connectivity index (χ1) is 8.70. The Labute approximate surface area is 105 Å². The summed E-state index contributed by atoms with van der Waals surface area (Å²) in [5, 5.41) is 9.49. The van der Waals surface area contributed by atoms with E-state index in [0.29, 0.717) is 23.9 Å². The largest absolute Gasteiger partial charge is 0.478 e. The molecule has 1 aromatic rings. The average molecular weight is 252 g/mol. The molecule has 0 saturated carbocycles. The minimum Gasteiger partial charge on any atom is -0.478 e. The zero-order valence-corrected chi connectivity index (χ0v) is 10.2. The Morgan fingerprint density at radius 2 is 2.28 bits per heavy atom. The zero-order valence-electron chi connectivity index (χ0n) is 10.2. The monoisotopic (exact) mass is 252 g/mol. The first-order valence-corrected chi connectivity index (χ1v) is 5.58. The Hall–Kier alpha value is -1.79. The topological polar surface area (TPSA) is 63.5 Å². The fourth-order valence-electron chi connectivity index (χ4n) is 1.52. The van der Waals surface area contributed by atoms with Crippen LogP contribution in [0.15, 0.2) is 23.2 Å². The molecule has 0 aromatic heterocycles. The summed E-state index contributed by atoms with van der Waals surface area (Å²) in [7, 11) is 0. The second-order valence-electron chi connectivity index (χ2n) is 3.87. The minimum absolute atomic E-state index is 0.219. The van der Waals surface area contributed by atoms with Crippen molar-refractivity contribution < 1.29 is 19.3 Å². The summed E-state index contributed by atoms with van der Waals surface area (Å²) in [6, 6.07) is 5.33. The van der Waals surface area contributed by atoms with E-state index >= 15 is 0 Å². The van der Waals surface area contributed by atoms with Gasteiger partial charge in [-0.1, -0.05) is 0 Å². The van der Waals surface area contributed by atoms with Crippen LogP contribution in [-0.2, 0) is 0 Å². The second-order valence-corrected chi connectivity index (χ2v) is 3.87. The van der Waals surface area contributed by atoms with E-state index in [-0.39, 0.29) is 13.5 Å². The molecule has 6 nitrogen and oxygen atoms in total. The zero-order chi connectivity index (χ0) is 13.0. The van der Waals surface area contributed by atoms with Crippen molar-refractivity contribution in [2.45, 2.75) is 13.2 Å². The lowest BCUT2D eigenvalue weighted by Crippen LogP contribution is -2.36. The fourth-order valence-corrected chi connectivity index (χ4v) is 1.52. The van der Waals surface area contributed by atoms with Crippen LogP contribution in [-0.4, -0.2) is 43.1 Å².